The molecule has 5 nitrogen and oxygen atoms in total. The van der Waals surface area contributed by atoms with E-state index in [0.29, 0.717) is 13.1 Å². The molecule has 114 valence electrons. The lowest BCUT2D eigenvalue weighted by atomic mass is 10.0. The van der Waals surface area contributed by atoms with Crippen LogP contribution in [-0.2, 0) is 16.1 Å². The lowest BCUT2D eigenvalue weighted by Crippen LogP contribution is -2.68. The molecule has 6 heteroatoms. The molecule has 0 N–H and O–H groups in total. The number of thiophene rings is 1. The predicted molar refractivity (Wildman–Crippen MR) is 82.1 cm³/mol. The van der Waals surface area contributed by atoms with E-state index in [1.807, 2.05) is 0 Å². The summed E-state index contributed by atoms with van der Waals surface area (Å²) in [6.45, 7) is 6.92. The van der Waals surface area contributed by atoms with Crippen molar-refractivity contribution < 1.29 is 9.59 Å². The Morgan fingerprint density at radius 3 is 2.71 bits per heavy atom. The summed E-state index contributed by atoms with van der Waals surface area (Å²) in [6.07, 6.45) is 0. The van der Waals surface area contributed by atoms with Gasteiger partial charge in [0.1, 0.15) is 12.1 Å². The normalized spacial score (nSPS) is 27.2. The first-order chi connectivity index (χ1) is 9.99. The third-order valence-corrected chi connectivity index (χ3v) is 5.66. The smallest absolute Gasteiger partial charge is 0.247 e. The number of amides is 2. The molecule has 0 saturated carbocycles. The number of carbonyl (C=O) groups excluding carboxylic acids is 2. The van der Waals surface area contributed by atoms with Gasteiger partial charge >= 0.3 is 0 Å². The van der Waals surface area contributed by atoms with Crippen LogP contribution in [0.1, 0.15) is 17.4 Å². The maximum atomic E-state index is 12.4. The number of hydrogen-bond donors (Lipinski definition) is 0. The Balaban J connectivity index is 1.73. The quantitative estimate of drug-likeness (QED) is 0.816. The van der Waals surface area contributed by atoms with Gasteiger partial charge in [0.25, 0.3) is 0 Å². The van der Waals surface area contributed by atoms with E-state index >= 15 is 0 Å². The lowest BCUT2D eigenvalue weighted by molar-refractivity contribution is -0.163. The number of aryl methyl sites for hydroxylation is 1. The van der Waals surface area contributed by atoms with Gasteiger partial charge in [-0.3, -0.25) is 14.5 Å². The van der Waals surface area contributed by atoms with Crippen molar-refractivity contribution in [3.8, 4) is 0 Å². The standard InChI is InChI=1S/C15H21N3O2S/c1-10-4-7-21-13(10)9-17-5-6-18-12(8-17)15(20)16(3)11(2)14(18)19/h4,7,11-12H,5-6,8-9H2,1-3H3/t11-,12+/m0/s1. The first-order valence-corrected chi connectivity index (χ1v) is 8.19. The van der Waals surface area contributed by atoms with Crippen molar-refractivity contribution in [3.63, 3.8) is 0 Å². The van der Waals surface area contributed by atoms with Gasteiger partial charge in [0.2, 0.25) is 11.8 Å². The highest BCUT2D eigenvalue weighted by Crippen LogP contribution is 2.24. The van der Waals surface area contributed by atoms with Crippen molar-refractivity contribution in [1.82, 2.24) is 14.7 Å². The van der Waals surface area contributed by atoms with Gasteiger partial charge in [-0.25, -0.2) is 0 Å². The van der Waals surface area contributed by atoms with E-state index in [1.54, 1.807) is 35.1 Å². The number of likely N-dealkylation sites (N-methyl/N-ethyl adjacent to an activating group) is 1. The summed E-state index contributed by atoms with van der Waals surface area (Å²) in [5.74, 6) is 0.142. The average molecular weight is 307 g/mol. The maximum Gasteiger partial charge on any atom is 0.247 e. The SMILES string of the molecule is Cc1ccsc1CN1CCN2C(=O)[C@H](C)N(C)C(=O)[C@H]2C1. The molecule has 2 fully saturated rings. The van der Waals surface area contributed by atoms with Crippen molar-refractivity contribution in [2.75, 3.05) is 26.7 Å². The van der Waals surface area contributed by atoms with Gasteiger partial charge in [-0.05, 0) is 30.9 Å². The van der Waals surface area contributed by atoms with Gasteiger partial charge in [0.05, 0.1) is 0 Å². The predicted octanol–water partition coefficient (Wildman–Crippen LogP) is 0.930. The molecule has 3 heterocycles. The summed E-state index contributed by atoms with van der Waals surface area (Å²) >= 11 is 1.76. The minimum Gasteiger partial charge on any atom is -0.332 e. The molecule has 2 saturated heterocycles. The number of hydrogen-bond acceptors (Lipinski definition) is 4. The fourth-order valence-electron chi connectivity index (χ4n) is 3.06. The van der Waals surface area contributed by atoms with Gasteiger partial charge in [0, 0.05) is 38.1 Å². The molecule has 3 rings (SSSR count). The van der Waals surface area contributed by atoms with Gasteiger partial charge in [-0.15, -0.1) is 11.3 Å². The summed E-state index contributed by atoms with van der Waals surface area (Å²) in [6, 6.07) is 1.48. The summed E-state index contributed by atoms with van der Waals surface area (Å²) < 4.78 is 0. The molecule has 2 amide bonds. The van der Waals surface area contributed by atoms with E-state index < -0.39 is 0 Å². The highest BCUT2D eigenvalue weighted by molar-refractivity contribution is 7.10. The molecule has 0 aromatic carbocycles. The average Bonchev–Trinajstić information content (AvgIpc) is 2.88. The Morgan fingerprint density at radius 2 is 2.05 bits per heavy atom. The Kier molecular flexibility index (Phi) is 3.75. The van der Waals surface area contributed by atoms with Gasteiger partial charge in [-0.2, -0.15) is 0 Å². The van der Waals surface area contributed by atoms with E-state index in [-0.39, 0.29) is 23.9 Å². The van der Waals surface area contributed by atoms with Crippen LogP contribution in [0.4, 0.5) is 0 Å². The molecular formula is C15H21N3O2S. The van der Waals surface area contributed by atoms with Crippen LogP contribution < -0.4 is 0 Å². The first kappa shape index (κ1) is 14.5. The van der Waals surface area contributed by atoms with Gasteiger partial charge in [0.15, 0.2) is 0 Å². The molecular weight excluding hydrogens is 286 g/mol. The second-order valence-corrected chi connectivity index (χ2v) is 6.94. The molecule has 0 bridgehead atoms. The minimum absolute atomic E-state index is 0.0645. The highest BCUT2D eigenvalue weighted by Gasteiger charge is 2.44. The van der Waals surface area contributed by atoms with Crippen LogP contribution in [0.5, 0.6) is 0 Å². The van der Waals surface area contributed by atoms with Crippen LogP contribution in [-0.4, -0.2) is 65.3 Å². The largest absolute Gasteiger partial charge is 0.332 e. The Hall–Kier alpha value is -1.40. The highest BCUT2D eigenvalue weighted by atomic mass is 32.1. The summed E-state index contributed by atoms with van der Waals surface area (Å²) in [7, 11) is 1.73. The van der Waals surface area contributed by atoms with E-state index in [9.17, 15) is 9.59 Å². The zero-order valence-corrected chi connectivity index (χ0v) is 13.5. The first-order valence-electron chi connectivity index (χ1n) is 7.31. The van der Waals surface area contributed by atoms with Crippen LogP contribution in [0.3, 0.4) is 0 Å². The van der Waals surface area contributed by atoms with Crippen molar-refractivity contribution in [2.24, 2.45) is 0 Å². The van der Waals surface area contributed by atoms with Crippen molar-refractivity contribution in [1.29, 1.82) is 0 Å². The molecule has 0 radical (unpaired) electrons. The third kappa shape index (κ3) is 2.46. The van der Waals surface area contributed by atoms with Crippen molar-refractivity contribution in [3.05, 3.63) is 21.9 Å². The summed E-state index contributed by atoms with van der Waals surface area (Å²) in [5.41, 5.74) is 1.30. The Bertz CT molecular complexity index is 571. The Labute approximate surface area is 129 Å². The molecule has 0 unspecified atom stereocenters. The summed E-state index contributed by atoms with van der Waals surface area (Å²) in [5, 5.41) is 2.10. The zero-order valence-electron chi connectivity index (χ0n) is 12.7. The molecule has 1 aromatic heterocycles. The minimum atomic E-state index is -0.333. The second kappa shape index (κ2) is 5.42. The van der Waals surface area contributed by atoms with Crippen molar-refractivity contribution >= 4 is 23.2 Å². The van der Waals surface area contributed by atoms with Crippen LogP contribution >= 0.6 is 11.3 Å². The monoisotopic (exact) mass is 307 g/mol. The number of piperazine rings is 2. The topological polar surface area (TPSA) is 43.9 Å². The maximum absolute atomic E-state index is 12.4. The van der Waals surface area contributed by atoms with Crippen LogP contribution in [0.25, 0.3) is 0 Å². The number of rotatable bonds is 2. The van der Waals surface area contributed by atoms with Crippen molar-refractivity contribution in [2.45, 2.75) is 32.5 Å². The number of nitrogens with zero attached hydrogens (tertiary/aromatic N) is 3. The van der Waals surface area contributed by atoms with E-state index in [0.717, 1.165) is 13.1 Å². The molecule has 1 aromatic rings. The van der Waals surface area contributed by atoms with E-state index in [4.69, 9.17) is 0 Å². The van der Waals surface area contributed by atoms with Crippen LogP contribution in [0.15, 0.2) is 11.4 Å². The van der Waals surface area contributed by atoms with Crippen LogP contribution in [0.2, 0.25) is 0 Å². The van der Waals surface area contributed by atoms with E-state index in [1.165, 1.54) is 10.4 Å². The number of fused-ring (bicyclic) bond motifs is 1. The molecule has 0 spiro atoms. The molecule has 2 atom stereocenters. The molecule has 21 heavy (non-hydrogen) atoms. The van der Waals surface area contributed by atoms with Crippen LogP contribution in [0, 0.1) is 6.92 Å². The molecule has 0 aliphatic carbocycles. The lowest BCUT2D eigenvalue weighted by Gasteiger charge is -2.47. The fourth-order valence-corrected chi connectivity index (χ4v) is 4.01. The second-order valence-electron chi connectivity index (χ2n) is 5.93. The van der Waals surface area contributed by atoms with E-state index in [2.05, 4.69) is 23.3 Å². The summed E-state index contributed by atoms with van der Waals surface area (Å²) in [4.78, 5) is 31.7. The molecule has 2 aliphatic rings. The van der Waals surface area contributed by atoms with Gasteiger partial charge in [-0.1, -0.05) is 0 Å². The third-order valence-electron chi connectivity index (χ3n) is 4.65. The Morgan fingerprint density at radius 1 is 1.29 bits per heavy atom. The zero-order chi connectivity index (χ0) is 15.1. The fraction of sp³-hybridized carbons (Fsp3) is 0.600. The molecule has 2 aliphatic heterocycles. The number of carbonyl (C=O) groups is 2. The van der Waals surface area contributed by atoms with Gasteiger partial charge < -0.3 is 9.80 Å².